The predicted molar refractivity (Wildman–Crippen MR) is 156 cm³/mol. The third-order valence-corrected chi connectivity index (χ3v) is 9.14. The minimum Gasteiger partial charge on any atom is -0.406 e. The Bertz CT molecular complexity index is 1470. The van der Waals surface area contributed by atoms with E-state index >= 15 is 0 Å². The molecular formula is C30H32F3N4O6P. The maximum atomic E-state index is 14.2. The normalized spacial score (nSPS) is 19.9. The topological polar surface area (TPSA) is 114 Å². The van der Waals surface area contributed by atoms with E-state index in [1.165, 1.54) is 31.7 Å². The van der Waals surface area contributed by atoms with Crippen LogP contribution in [0.2, 0.25) is 0 Å². The van der Waals surface area contributed by atoms with Gasteiger partial charge in [0.05, 0.1) is 23.5 Å². The Labute approximate surface area is 252 Å². The van der Waals surface area contributed by atoms with Crippen LogP contribution < -0.4 is 9.64 Å². The summed E-state index contributed by atoms with van der Waals surface area (Å²) in [4.78, 5) is 54.8. The molecule has 2 heterocycles. The number of hydrogen-bond acceptors (Lipinski definition) is 4. The van der Waals surface area contributed by atoms with E-state index in [9.17, 15) is 37.1 Å². The SMILES string of the molecule is CCN(Cc1ccc(OC(F)(F)F)cc1)C(=O)N1[C@H]2CC[C@@H]1[C@@H](P(=O)(O)O)N(C(=O)N(c1ccccc1)c1ccccc1)C2. The molecule has 44 heavy (non-hydrogen) atoms. The van der Waals surface area contributed by atoms with E-state index in [1.54, 1.807) is 67.6 Å². The monoisotopic (exact) mass is 632 g/mol. The van der Waals surface area contributed by atoms with Crippen LogP contribution in [-0.2, 0) is 11.1 Å². The van der Waals surface area contributed by atoms with Crippen LogP contribution in [0.25, 0.3) is 0 Å². The lowest BCUT2D eigenvalue weighted by atomic mass is 10.1. The summed E-state index contributed by atoms with van der Waals surface area (Å²) in [6, 6.07) is 20.2. The summed E-state index contributed by atoms with van der Waals surface area (Å²) in [6.07, 6.45) is -4.10. The second-order valence-electron chi connectivity index (χ2n) is 10.6. The molecule has 2 N–H and O–H groups in total. The summed E-state index contributed by atoms with van der Waals surface area (Å²) < 4.78 is 54.6. The van der Waals surface area contributed by atoms with E-state index in [-0.39, 0.29) is 31.8 Å². The van der Waals surface area contributed by atoms with Crippen molar-refractivity contribution in [3.05, 3.63) is 90.5 Å². The number of rotatable bonds is 7. The molecule has 234 valence electrons. The van der Waals surface area contributed by atoms with Crippen LogP contribution in [0.4, 0.5) is 34.1 Å². The zero-order valence-corrected chi connectivity index (χ0v) is 24.6. The van der Waals surface area contributed by atoms with Gasteiger partial charge >= 0.3 is 26.0 Å². The van der Waals surface area contributed by atoms with Crippen molar-refractivity contribution in [2.75, 3.05) is 18.0 Å². The second-order valence-corrected chi connectivity index (χ2v) is 12.3. The number of anilines is 2. The standard InChI is InChI=1S/C30H32F3N4O6P/c1-2-34(19-21-13-16-25(17-14-21)43-30(31,32)33)28(38)37-24-15-18-26(37)27(44(40,41)42)35(20-24)29(39)36(22-9-5-3-6-10-22)23-11-7-4-8-12-23/h3-14,16-17,24,26-27H,2,15,18-20H2,1H3,(H2,40,41,42)/t24-,26+,27+/m0/s1. The molecule has 5 rings (SSSR count). The van der Waals surface area contributed by atoms with Gasteiger partial charge in [0.2, 0.25) is 0 Å². The molecule has 4 amide bonds. The van der Waals surface area contributed by atoms with Gasteiger partial charge in [-0.15, -0.1) is 13.2 Å². The number of nitrogens with zero attached hydrogens (tertiary/aromatic N) is 4. The third kappa shape index (κ3) is 6.69. The summed E-state index contributed by atoms with van der Waals surface area (Å²) in [5, 5.41) is 0. The molecule has 2 fully saturated rings. The molecule has 0 aromatic heterocycles. The van der Waals surface area contributed by atoms with Crippen LogP contribution in [0.5, 0.6) is 5.75 Å². The zero-order valence-electron chi connectivity index (χ0n) is 23.7. The van der Waals surface area contributed by atoms with Crippen molar-refractivity contribution in [2.24, 2.45) is 0 Å². The van der Waals surface area contributed by atoms with Crippen molar-refractivity contribution in [1.82, 2.24) is 14.7 Å². The molecule has 0 spiro atoms. The number of hydrogen-bond donors (Lipinski definition) is 2. The van der Waals surface area contributed by atoms with Gasteiger partial charge in [-0.3, -0.25) is 9.46 Å². The number of ether oxygens (including phenoxy) is 1. The van der Waals surface area contributed by atoms with Crippen LogP contribution in [0.15, 0.2) is 84.9 Å². The van der Waals surface area contributed by atoms with E-state index in [2.05, 4.69) is 4.74 Å². The number of benzene rings is 3. The van der Waals surface area contributed by atoms with Gasteiger partial charge in [0.1, 0.15) is 5.75 Å². The number of urea groups is 2. The minimum absolute atomic E-state index is 0.0522. The number of piperazine rings is 1. The minimum atomic E-state index is -4.96. The fourth-order valence-electron chi connectivity index (χ4n) is 5.97. The van der Waals surface area contributed by atoms with Crippen molar-refractivity contribution < 1.29 is 41.8 Å². The van der Waals surface area contributed by atoms with Crippen molar-refractivity contribution in [2.45, 2.75) is 50.5 Å². The van der Waals surface area contributed by atoms with Crippen LogP contribution in [0.3, 0.4) is 0 Å². The highest BCUT2D eigenvalue weighted by atomic mass is 31.2. The lowest BCUT2D eigenvalue weighted by molar-refractivity contribution is -0.274. The molecule has 3 aromatic carbocycles. The van der Waals surface area contributed by atoms with Crippen LogP contribution in [0.1, 0.15) is 25.3 Å². The number of likely N-dealkylation sites (tertiary alicyclic amines) is 1. The van der Waals surface area contributed by atoms with Gasteiger partial charge in [0.25, 0.3) is 0 Å². The average molecular weight is 633 g/mol. The first-order valence-corrected chi connectivity index (χ1v) is 15.7. The summed E-state index contributed by atoms with van der Waals surface area (Å²) in [5.41, 5.74) is 1.58. The molecule has 3 aromatic rings. The molecule has 14 heteroatoms. The van der Waals surface area contributed by atoms with Crippen molar-refractivity contribution >= 4 is 31.0 Å². The van der Waals surface area contributed by atoms with E-state index in [0.717, 1.165) is 12.1 Å². The second kappa shape index (κ2) is 12.5. The van der Waals surface area contributed by atoms with Crippen molar-refractivity contribution in [1.29, 1.82) is 0 Å². The zero-order chi connectivity index (χ0) is 31.6. The lowest BCUT2D eigenvalue weighted by Crippen LogP contribution is -2.65. The number of carbonyl (C=O) groups excluding carboxylic acids is 2. The van der Waals surface area contributed by atoms with Crippen molar-refractivity contribution in [3.63, 3.8) is 0 Å². The molecule has 0 saturated carbocycles. The Kier molecular flexibility index (Phi) is 8.92. The average Bonchev–Trinajstić information content (AvgIpc) is 3.27. The van der Waals surface area contributed by atoms with Gasteiger partial charge in [-0.25, -0.2) is 9.59 Å². The number of fused-ring (bicyclic) bond motifs is 2. The smallest absolute Gasteiger partial charge is 0.406 e. The molecule has 2 bridgehead atoms. The molecule has 2 aliphatic rings. The van der Waals surface area contributed by atoms with Crippen LogP contribution >= 0.6 is 7.60 Å². The maximum absolute atomic E-state index is 14.2. The highest BCUT2D eigenvalue weighted by Crippen LogP contribution is 2.52. The Balaban J connectivity index is 1.41. The summed E-state index contributed by atoms with van der Waals surface area (Å²) >= 11 is 0. The molecule has 2 aliphatic heterocycles. The summed E-state index contributed by atoms with van der Waals surface area (Å²) in [5.74, 6) is -1.97. The number of alkyl halides is 3. The Hall–Kier alpha value is -4.06. The van der Waals surface area contributed by atoms with E-state index in [0.29, 0.717) is 23.4 Å². The van der Waals surface area contributed by atoms with E-state index in [4.69, 9.17) is 0 Å². The molecule has 3 atom stereocenters. The number of amides is 4. The van der Waals surface area contributed by atoms with Gasteiger partial charge in [-0.1, -0.05) is 48.5 Å². The first kappa shape index (κ1) is 31.4. The summed E-state index contributed by atoms with van der Waals surface area (Å²) in [7, 11) is -4.96. The molecular weight excluding hydrogens is 600 g/mol. The highest BCUT2D eigenvalue weighted by Gasteiger charge is 2.57. The number of para-hydroxylation sites is 2. The van der Waals surface area contributed by atoms with Gasteiger partial charge < -0.3 is 29.2 Å². The first-order chi connectivity index (χ1) is 20.9. The van der Waals surface area contributed by atoms with Crippen molar-refractivity contribution in [3.8, 4) is 5.75 Å². The molecule has 0 radical (unpaired) electrons. The fourth-order valence-corrected chi connectivity index (χ4v) is 7.27. The van der Waals surface area contributed by atoms with Gasteiger partial charge in [0, 0.05) is 19.6 Å². The predicted octanol–water partition coefficient (Wildman–Crippen LogP) is 6.14. The number of halogens is 3. The Morgan fingerprint density at radius 1 is 0.909 bits per heavy atom. The van der Waals surface area contributed by atoms with Gasteiger partial charge in [0.15, 0.2) is 5.78 Å². The highest BCUT2D eigenvalue weighted by molar-refractivity contribution is 7.52. The third-order valence-electron chi connectivity index (χ3n) is 7.83. The quantitative estimate of drug-likeness (QED) is 0.303. The fraction of sp³-hybridized carbons (Fsp3) is 0.333. The largest absolute Gasteiger partial charge is 0.573 e. The Morgan fingerprint density at radius 3 is 1.98 bits per heavy atom. The van der Waals surface area contributed by atoms with Crippen LogP contribution in [0, 0.1) is 0 Å². The Morgan fingerprint density at radius 2 is 1.48 bits per heavy atom. The maximum Gasteiger partial charge on any atom is 0.573 e. The van der Waals surface area contributed by atoms with Gasteiger partial charge in [-0.05, 0) is 61.7 Å². The molecule has 0 unspecified atom stereocenters. The van der Waals surface area contributed by atoms with Crippen LogP contribution in [-0.4, -0.2) is 73.9 Å². The first-order valence-electron chi connectivity index (χ1n) is 14.1. The summed E-state index contributed by atoms with van der Waals surface area (Å²) in [6.45, 7) is 1.93. The molecule has 2 saturated heterocycles. The molecule has 0 aliphatic carbocycles. The number of carbonyl (C=O) groups is 2. The van der Waals surface area contributed by atoms with E-state index < -0.39 is 43.9 Å². The van der Waals surface area contributed by atoms with E-state index in [1.807, 2.05) is 0 Å². The van der Waals surface area contributed by atoms with Gasteiger partial charge in [-0.2, -0.15) is 0 Å². The molecule has 10 nitrogen and oxygen atoms in total. The lowest BCUT2D eigenvalue weighted by Gasteiger charge is -2.48.